The topological polar surface area (TPSA) is 40.9 Å². The number of carbonyl (C=O) groups excluding carboxylic acids is 1. The maximum atomic E-state index is 11.7. The van der Waals surface area contributed by atoms with Crippen LogP contribution in [0.5, 0.6) is 0 Å². The summed E-state index contributed by atoms with van der Waals surface area (Å²) >= 11 is 1.35. The Balaban J connectivity index is 2.97. The summed E-state index contributed by atoms with van der Waals surface area (Å²) in [5.41, 5.74) is 0.734. The Bertz CT molecular complexity index is 389. The minimum absolute atomic E-state index is 0.184. The van der Waals surface area contributed by atoms with E-state index in [1.54, 1.807) is 29.7 Å². The highest BCUT2D eigenvalue weighted by molar-refractivity contribution is 8.01. The average molecular weight is 203 g/mol. The zero-order chi connectivity index (χ0) is 10.4. The second-order valence-electron chi connectivity index (χ2n) is 2.57. The summed E-state index contributed by atoms with van der Waals surface area (Å²) in [5.74, 6) is -0.220. The number of nitriles is 1. The van der Waals surface area contributed by atoms with E-state index in [4.69, 9.17) is 5.26 Å². The van der Waals surface area contributed by atoms with E-state index in [0.29, 0.717) is 5.56 Å². The SMILES string of the molecule is CSC=C(C#N)C(=O)c1ccccc1. The third kappa shape index (κ3) is 2.48. The molecular formula is C11H9NOS. The first-order valence-corrected chi connectivity index (χ1v) is 5.31. The Morgan fingerprint density at radius 1 is 1.43 bits per heavy atom. The summed E-state index contributed by atoms with van der Waals surface area (Å²) in [7, 11) is 0. The van der Waals surface area contributed by atoms with Gasteiger partial charge in [-0.05, 0) is 11.7 Å². The lowest BCUT2D eigenvalue weighted by atomic mass is 10.1. The van der Waals surface area contributed by atoms with Crippen molar-refractivity contribution in [1.82, 2.24) is 0 Å². The number of carbonyl (C=O) groups is 1. The molecule has 14 heavy (non-hydrogen) atoms. The maximum absolute atomic E-state index is 11.7. The van der Waals surface area contributed by atoms with Crippen LogP contribution in [0.3, 0.4) is 0 Å². The molecule has 3 heteroatoms. The largest absolute Gasteiger partial charge is 0.288 e. The van der Waals surface area contributed by atoms with Gasteiger partial charge in [0, 0.05) is 5.56 Å². The number of hydrogen-bond acceptors (Lipinski definition) is 3. The lowest BCUT2D eigenvalue weighted by Gasteiger charge is -1.97. The minimum atomic E-state index is -0.220. The Kier molecular flexibility index (Phi) is 3.96. The zero-order valence-corrected chi connectivity index (χ0v) is 8.54. The number of thioether (sulfide) groups is 1. The molecule has 0 aliphatic heterocycles. The van der Waals surface area contributed by atoms with E-state index in [9.17, 15) is 4.79 Å². The molecule has 1 aromatic carbocycles. The normalized spacial score (nSPS) is 10.7. The number of benzene rings is 1. The monoisotopic (exact) mass is 203 g/mol. The molecule has 0 heterocycles. The van der Waals surface area contributed by atoms with Gasteiger partial charge in [0.1, 0.15) is 11.6 Å². The molecule has 1 aromatic rings. The molecule has 0 amide bonds. The zero-order valence-electron chi connectivity index (χ0n) is 7.73. The van der Waals surface area contributed by atoms with Crippen LogP contribution in [0.1, 0.15) is 10.4 Å². The molecule has 0 atom stereocenters. The van der Waals surface area contributed by atoms with Gasteiger partial charge >= 0.3 is 0 Å². The van der Waals surface area contributed by atoms with Crippen LogP contribution in [0.25, 0.3) is 0 Å². The van der Waals surface area contributed by atoms with Crippen LogP contribution in [0.4, 0.5) is 0 Å². The molecule has 0 aromatic heterocycles. The number of rotatable bonds is 3. The van der Waals surface area contributed by atoms with Crippen molar-refractivity contribution in [3.05, 3.63) is 46.9 Å². The molecule has 0 N–H and O–H groups in total. The van der Waals surface area contributed by atoms with E-state index in [2.05, 4.69) is 0 Å². The number of nitrogens with zero attached hydrogens (tertiary/aromatic N) is 1. The lowest BCUT2D eigenvalue weighted by Crippen LogP contribution is -2.00. The van der Waals surface area contributed by atoms with E-state index < -0.39 is 0 Å². The number of ketones is 1. The highest BCUT2D eigenvalue weighted by Crippen LogP contribution is 2.10. The van der Waals surface area contributed by atoms with Gasteiger partial charge in [0.25, 0.3) is 0 Å². The molecule has 0 saturated carbocycles. The smallest absolute Gasteiger partial charge is 0.204 e. The summed E-state index contributed by atoms with van der Waals surface area (Å²) in [5, 5.41) is 10.3. The molecule has 0 aliphatic rings. The van der Waals surface area contributed by atoms with Crippen molar-refractivity contribution in [1.29, 1.82) is 5.26 Å². The average Bonchev–Trinajstić information content (AvgIpc) is 2.26. The van der Waals surface area contributed by atoms with E-state index in [1.165, 1.54) is 11.8 Å². The summed E-state index contributed by atoms with van der Waals surface area (Å²) in [6.45, 7) is 0. The summed E-state index contributed by atoms with van der Waals surface area (Å²) < 4.78 is 0. The second kappa shape index (κ2) is 5.25. The number of allylic oxidation sites excluding steroid dienone is 1. The van der Waals surface area contributed by atoms with Crippen molar-refractivity contribution < 1.29 is 4.79 Å². The van der Waals surface area contributed by atoms with Crippen LogP contribution >= 0.6 is 11.8 Å². The quantitative estimate of drug-likeness (QED) is 0.431. The van der Waals surface area contributed by atoms with Gasteiger partial charge in [-0.3, -0.25) is 4.79 Å². The van der Waals surface area contributed by atoms with Gasteiger partial charge in [-0.1, -0.05) is 30.3 Å². The number of Topliss-reactive ketones (excluding diaryl/α,β-unsaturated/α-hetero) is 1. The standard InChI is InChI=1S/C11H9NOS/c1-14-8-10(7-12)11(13)9-5-3-2-4-6-9/h2-6,8H,1H3. The fourth-order valence-corrected chi connectivity index (χ4v) is 1.39. The van der Waals surface area contributed by atoms with E-state index in [1.807, 2.05) is 18.4 Å². The van der Waals surface area contributed by atoms with Crippen LogP contribution < -0.4 is 0 Å². The van der Waals surface area contributed by atoms with Gasteiger partial charge in [-0.25, -0.2) is 0 Å². The predicted molar refractivity (Wildman–Crippen MR) is 58.0 cm³/mol. The van der Waals surface area contributed by atoms with Crippen molar-refractivity contribution in [2.45, 2.75) is 0 Å². The number of hydrogen-bond donors (Lipinski definition) is 0. The predicted octanol–water partition coefficient (Wildman–Crippen LogP) is 2.64. The van der Waals surface area contributed by atoms with Crippen LogP contribution in [-0.2, 0) is 0 Å². The van der Waals surface area contributed by atoms with Crippen LogP contribution in [0, 0.1) is 11.3 Å². The lowest BCUT2D eigenvalue weighted by molar-refractivity contribution is 0.103. The van der Waals surface area contributed by atoms with E-state index >= 15 is 0 Å². The van der Waals surface area contributed by atoms with Crippen molar-refractivity contribution in [2.75, 3.05) is 6.26 Å². The molecule has 0 spiro atoms. The third-order valence-electron chi connectivity index (χ3n) is 1.64. The Morgan fingerprint density at radius 3 is 2.57 bits per heavy atom. The van der Waals surface area contributed by atoms with Crippen LogP contribution in [0.2, 0.25) is 0 Å². The molecule has 70 valence electrons. The van der Waals surface area contributed by atoms with Crippen LogP contribution in [0.15, 0.2) is 41.3 Å². The summed E-state index contributed by atoms with van der Waals surface area (Å²) in [4.78, 5) is 11.7. The van der Waals surface area contributed by atoms with Crippen molar-refractivity contribution in [3.63, 3.8) is 0 Å². The molecular weight excluding hydrogens is 194 g/mol. The van der Waals surface area contributed by atoms with E-state index in [-0.39, 0.29) is 11.4 Å². The summed E-state index contributed by atoms with van der Waals surface area (Å²) in [6.07, 6.45) is 1.82. The molecule has 0 aliphatic carbocycles. The molecule has 2 nitrogen and oxygen atoms in total. The minimum Gasteiger partial charge on any atom is -0.288 e. The fraction of sp³-hybridized carbons (Fsp3) is 0.0909. The molecule has 0 saturated heterocycles. The molecule has 0 unspecified atom stereocenters. The summed E-state index contributed by atoms with van der Waals surface area (Å²) in [6, 6.07) is 10.7. The van der Waals surface area contributed by atoms with Crippen molar-refractivity contribution in [3.8, 4) is 6.07 Å². The van der Waals surface area contributed by atoms with Gasteiger partial charge in [0.2, 0.25) is 5.78 Å². The van der Waals surface area contributed by atoms with Gasteiger partial charge in [-0.15, -0.1) is 11.8 Å². The van der Waals surface area contributed by atoms with Crippen LogP contribution in [-0.4, -0.2) is 12.0 Å². The van der Waals surface area contributed by atoms with Crippen molar-refractivity contribution in [2.24, 2.45) is 0 Å². The van der Waals surface area contributed by atoms with Gasteiger partial charge in [0.15, 0.2) is 0 Å². The molecule has 0 fully saturated rings. The highest BCUT2D eigenvalue weighted by Gasteiger charge is 2.10. The Hall–Kier alpha value is -1.53. The van der Waals surface area contributed by atoms with E-state index in [0.717, 1.165) is 0 Å². The molecule has 0 radical (unpaired) electrons. The van der Waals surface area contributed by atoms with Gasteiger partial charge in [-0.2, -0.15) is 5.26 Å². The first kappa shape index (κ1) is 10.6. The first-order valence-electron chi connectivity index (χ1n) is 4.02. The fourth-order valence-electron chi connectivity index (χ4n) is 0.994. The van der Waals surface area contributed by atoms with Gasteiger partial charge in [0.05, 0.1) is 0 Å². The Labute approximate surface area is 87.2 Å². The van der Waals surface area contributed by atoms with Crippen molar-refractivity contribution >= 4 is 17.5 Å². The van der Waals surface area contributed by atoms with Gasteiger partial charge < -0.3 is 0 Å². The Morgan fingerprint density at radius 2 is 2.07 bits per heavy atom. The maximum Gasteiger partial charge on any atom is 0.204 e. The molecule has 1 rings (SSSR count). The highest BCUT2D eigenvalue weighted by atomic mass is 32.2. The molecule has 0 bridgehead atoms. The second-order valence-corrected chi connectivity index (χ2v) is 3.28. The third-order valence-corrected chi connectivity index (χ3v) is 2.11. The first-order chi connectivity index (χ1) is 6.79.